The third-order valence-corrected chi connectivity index (χ3v) is 5.43. The maximum absolute atomic E-state index is 5.72. The van der Waals surface area contributed by atoms with Gasteiger partial charge in [-0.25, -0.2) is 0 Å². The summed E-state index contributed by atoms with van der Waals surface area (Å²) >= 11 is 5.01. The Morgan fingerprint density at radius 3 is 1.88 bits per heavy atom. The zero-order valence-corrected chi connectivity index (χ0v) is 13.0. The van der Waals surface area contributed by atoms with Gasteiger partial charge < -0.3 is 23.9 Å². The van der Waals surface area contributed by atoms with Gasteiger partial charge in [-0.15, -0.1) is 0 Å². The highest BCUT2D eigenvalue weighted by Crippen LogP contribution is 2.15. The van der Waals surface area contributed by atoms with Gasteiger partial charge in [-0.3, -0.25) is 0 Å². The molecule has 0 spiro atoms. The van der Waals surface area contributed by atoms with Crippen LogP contribution in [0, 0.1) is 0 Å². The van der Waals surface area contributed by atoms with Crippen LogP contribution in [0.5, 0.6) is 0 Å². The molecule has 0 aromatic rings. The van der Waals surface area contributed by atoms with Crippen LogP contribution in [0.15, 0.2) is 0 Å². The van der Waals surface area contributed by atoms with Crippen LogP contribution >= 0.6 is 12.2 Å². The second kappa shape index (κ2) is 9.78. The molecule has 0 heterocycles. The van der Waals surface area contributed by atoms with E-state index in [4.69, 9.17) is 25.5 Å². The predicted molar refractivity (Wildman–Crippen MR) is 75.1 cm³/mol. The summed E-state index contributed by atoms with van der Waals surface area (Å²) in [5.41, 5.74) is 0. The average Bonchev–Trinajstić information content (AvgIpc) is 2.30. The molecule has 17 heavy (non-hydrogen) atoms. The molecule has 0 fully saturated rings. The Labute approximate surface area is 111 Å². The molecule has 5 nitrogen and oxygen atoms in total. The molecule has 2 N–H and O–H groups in total. The first-order chi connectivity index (χ1) is 8.14. The van der Waals surface area contributed by atoms with E-state index in [-0.39, 0.29) is 0 Å². The van der Waals surface area contributed by atoms with E-state index >= 15 is 0 Å². The molecule has 0 aliphatic heterocycles. The Kier molecular flexibility index (Phi) is 9.66. The van der Waals surface area contributed by atoms with Crippen LogP contribution in [-0.2, 0) is 13.3 Å². The fourth-order valence-electron chi connectivity index (χ4n) is 1.42. The summed E-state index contributed by atoms with van der Waals surface area (Å²) in [6, 6.07) is 0.713. The van der Waals surface area contributed by atoms with E-state index in [1.807, 2.05) is 20.8 Å². The van der Waals surface area contributed by atoms with Crippen molar-refractivity contribution in [2.45, 2.75) is 26.8 Å². The molecule has 0 aromatic carbocycles. The first kappa shape index (κ1) is 16.8. The van der Waals surface area contributed by atoms with Crippen molar-refractivity contribution < 1.29 is 13.3 Å². The first-order valence-electron chi connectivity index (χ1n) is 6.01. The quantitative estimate of drug-likeness (QED) is 0.488. The molecule has 0 aliphatic rings. The summed E-state index contributed by atoms with van der Waals surface area (Å²) in [6.07, 6.45) is 0. The normalized spacial score (nSPS) is 11.3. The van der Waals surface area contributed by atoms with Gasteiger partial charge in [-0.05, 0) is 33.0 Å². The highest BCUT2D eigenvalue weighted by molar-refractivity contribution is 7.80. The third-order valence-electron chi connectivity index (χ3n) is 2.04. The monoisotopic (exact) mass is 280 g/mol. The van der Waals surface area contributed by atoms with Crippen molar-refractivity contribution in [2.75, 3.05) is 33.4 Å². The molecule has 0 bridgehead atoms. The van der Waals surface area contributed by atoms with Gasteiger partial charge in [0.05, 0.1) is 0 Å². The van der Waals surface area contributed by atoms with Crippen LogP contribution < -0.4 is 10.6 Å². The van der Waals surface area contributed by atoms with Crippen LogP contribution in [-0.4, -0.2) is 47.3 Å². The molecule has 0 aliphatic carbocycles. The van der Waals surface area contributed by atoms with E-state index < -0.39 is 8.80 Å². The SMILES string of the molecule is CCO[Si](CCNC(=S)NC)(OCC)OCC. The zero-order valence-electron chi connectivity index (χ0n) is 11.2. The Balaban J connectivity index is 4.27. The Hall–Kier alpha value is -0.213. The van der Waals surface area contributed by atoms with Gasteiger partial charge in [-0.2, -0.15) is 0 Å². The van der Waals surface area contributed by atoms with E-state index in [1.165, 1.54) is 0 Å². The van der Waals surface area contributed by atoms with Crippen molar-refractivity contribution in [2.24, 2.45) is 0 Å². The lowest BCUT2D eigenvalue weighted by atomic mass is 10.7. The largest absolute Gasteiger partial charge is 0.502 e. The molecule has 0 amide bonds. The van der Waals surface area contributed by atoms with Crippen molar-refractivity contribution >= 4 is 26.1 Å². The first-order valence-corrected chi connectivity index (χ1v) is 8.35. The predicted octanol–water partition coefficient (Wildman–Crippen LogP) is 1.13. The molecule has 102 valence electrons. The summed E-state index contributed by atoms with van der Waals surface area (Å²) in [5, 5.41) is 6.56. The van der Waals surface area contributed by atoms with Crippen molar-refractivity contribution in [1.82, 2.24) is 10.6 Å². The summed E-state index contributed by atoms with van der Waals surface area (Å²) < 4.78 is 17.1. The van der Waals surface area contributed by atoms with E-state index in [0.29, 0.717) is 37.5 Å². The van der Waals surface area contributed by atoms with E-state index in [2.05, 4.69) is 10.6 Å². The van der Waals surface area contributed by atoms with Gasteiger partial charge in [0, 0.05) is 39.5 Å². The maximum Gasteiger partial charge on any atom is 0.502 e. The van der Waals surface area contributed by atoms with Gasteiger partial charge in [0.25, 0.3) is 0 Å². The minimum Gasteiger partial charge on any atom is -0.374 e. The molecular weight excluding hydrogens is 256 g/mol. The lowest BCUT2D eigenvalue weighted by molar-refractivity contribution is 0.0717. The summed E-state index contributed by atoms with van der Waals surface area (Å²) in [6.45, 7) is 8.34. The second-order valence-corrected chi connectivity index (χ2v) is 6.38. The smallest absolute Gasteiger partial charge is 0.374 e. The molecule has 0 unspecified atom stereocenters. The highest BCUT2D eigenvalue weighted by atomic mass is 32.1. The maximum atomic E-state index is 5.72. The topological polar surface area (TPSA) is 51.8 Å². The van der Waals surface area contributed by atoms with E-state index in [9.17, 15) is 0 Å². The van der Waals surface area contributed by atoms with Crippen LogP contribution in [0.4, 0.5) is 0 Å². The molecule has 0 atom stereocenters. The van der Waals surface area contributed by atoms with Crippen LogP contribution in [0.3, 0.4) is 0 Å². The zero-order chi connectivity index (χ0) is 13.1. The average molecular weight is 280 g/mol. The van der Waals surface area contributed by atoms with Gasteiger partial charge in [0.1, 0.15) is 0 Å². The van der Waals surface area contributed by atoms with Crippen molar-refractivity contribution in [3.8, 4) is 0 Å². The van der Waals surface area contributed by atoms with Crippen molar-refractivity contribution in [1.29, 1.82) is 0 Å². The number of nitrogens with one attached hydrogen (secondary N) is 2. The summed E-state index contributed by atoms with van der Waals surface area (Å²) in [4.78, 5) is 0. The van der Waals surface area contributed by atoms with Gasteiger partial charge in [0.15, 0.2) is 5.11 Å². The molecule has 7 heteroatoms. The molecule has 0 saturated carbocycles. The third kappa shape index (κ3) is 6.94. The fraction of sp³-hybridized carbons (Fsp3) is 0.900. The number of thiocarbonyl (C=S) groups is 1. The Morgan fingerprint density at radius 1 is 1.06 bits per heavy atom. The standard InChI is InChI=1S/C10H24N2O3SSi/c1-5-13-17(14-6-2,15-7-3)9-8-12-10(16)11-4/h5-9H2,1-4H3,(H2,11,12,16). The van der Waals surface area contributed by atoms with Crippen LogP contribution in [0.25, 0.3) is 0 Å². The molecule has 0 radical (unpaired) electrons. The lowest BCUT2D eigenvalue weighted by Gasteiger charge is -2.28. The molecule has 0 rings (SSSR count). The number of hydrogen-bond donors (Lipinski definition) is 2. The fourth-order valence-corrected chi connectivity index (χ4v) is 3.95. The lowest BCUT2D eigenvalue weighted by Crippen LogP contribution is -2.48. The Bertz CT molecular complexity index is 203. The highest BCUT2D eigenvalue weighted by Gasteiger charge is 2.39. The second-order valence-electron chi connectivity index (χ2n) is 3.24. The Morgan fingerprint density at radius 2 is 1.53 bits per heavy atom. The number of hydrogen-bond acceptors (Lipinski definition) is 4. The van der Waals surface area contributed by atoms with Gasteiger partial charge in [0.2, 0.25) is 0 Å². The number of rotatable bonds is 9. The minimum atomic E-state index is -2.53. The minimum absolute atomic E-state index is 0.600. The summed E-state index contributed by atoms with van der Waals surface area (Å²) in [5.74, 6) is 0. The van der Waals surface area contributed by atoms with Gasteiger partial charge in [-0.1, -0.05) is 0 Å². The van der Waals surface area contributed by atoms with Crippen LogP contribution in [0.1, 0.15) is 20.8 Å². The summed E-state index contributed by atoms with van der Waals surface area (Å²) in [7, 11) is -0.740. The molecular formula is C10H24N2O3SSi. The molecule has 0 aromatic heterocycles. The van der Waals surface area contributed by atoms with Crippen molar-refractivity contribution in [3.05, 3.63) is 0 Å². The van der Waals surface area contributed by atoms with Crippen LogP contribution in [0.2, 0.25) is 6.04 Å². The van der Waals surface area contributed by atoms with Gasteiger partial charge >= 0.3 is 8.80 Å². The van der Waals surface area contributed by atoms with Crippen molar-refractivity contribution in [3.63, 3.8) is 0 Å². The molecule has 0 saturated heterocycles. The van der Waals surface area contributed by atoms with E-state index in [0.717, 1.165) is 0 Å². The van der Waals surface area contributed by atoms with E-state index in [1.54, 1.807) is 7.05 Å².